The normalized spacial score (nSPS) is 10.3. The SMILES string of the molecule is COc1ccc(Br)cc1CC(=O)c1ccc(Br)cn1. The van der Waals surface area contributed by atoms with Gasteiger partial charge in [-0.3, -0.25) is 9.78 Å². The van der Waals surface area contributed by atoms with Gasteiger partial charge < -0.3 is 4.74 Å². The number of ketones is 1. The molecule has 1 aromatic carbocycles. The number of ether oxygens (including phenoxy) is 1. The van der Waals surface area contributed by atoms with Crippen molar-refractivity contribution in [1.29, 1.82) is 0 Å². The summed E-state index contributed by atoms with van der Waals surface area (Å²) >= 11 is 6.69. The number of aromatic nitrogens is 1. The lowest BCUT2D eigenvalue weighted by Crippen LogP contribution is -2.07. The molecule has 98 valence electrons. The van der Waals surface area contributed by atoms with Crippen LogP contribution in [0.25, 0.3) is 0 Å². The average Bonchev–Trinajstić information content (AvgIpc) is 2.39. The molecule has 0 radical (unpaired) electrons. The first kappa shape index (κ1) is 14.2. The molecule has 0 N–H and O–H groups in total. The molecule has 0 saturated carbocycles. The van der Waals surface area contributed by atoms with Crippen LogP contribution in [0.1, 0.15) is 16.1 Å². The molecule has 0 spiro atoms. The van der Waals surface area contributed by atoms with Crippen molar-refractivity contribution in [2.45, 2.75) is 6.42 Å². The lowest BCUT2D eigenvalue weighted by molar-refractivity contribution is 0.0987. The number of hydrogen-bond acceptors (Lipinski definition) is 3. The Morgan fingerprint density at radius 3 is 2.58 bits per heavy atom. The fraction of sp³-hybridized carbons (Fsp3) is 0.143. The number of pyridine rings is 1. The molecule has 0 fully saturated rings. The molecular weight excluding hydrogens is 374 g/mol. The van der Waals surface area contributed by atoms with Crippen LogP contribution in [-0.2, 0) is 6.42 Å². The van der Waals surface area contributed by atoms with Crippen LogP contribution in [0.4, 0.5) is 0 Å². The topological polar surface area (TPSA) is 39.2 Å². The zero-order valence-corrected chi connectivity index (χ0v) is 13.4. The smallest absolute Gasteiger partial charge is 0.185 e. The quantitative estimate of drug-likeness (QED) is 0.746. The molecule has 19 heavy (non-hydrogen) atoms. The lowest BCUT2D eigenvalue weighted by atomic mass is 10.1. The van der Waals surface area contributed by atoms with E-state index in [0.717, 1.165) is 14.5 Å². The van der Waals surface area contributed by atoms with Crippen molar-refractivity contribution in [3.63, 3.8) is 0 Å². The maximum atomic E-state index is 12.2. The van der Waals surface area contributed by atoms with Gasteiger partial charge in [0.05, 0.1) is 7.11 Å². The largest absolute Gasteiger partial charge is 0.496 e. The van der Waals surface area contributed by atoms with Gasteiger partial charge in [0, 0.05) is 27.1 Å². The second-order valence-electron chi connectivity index (χ2n) is 3.92. The van der Waals surface area contributed by atoms with E-state index in [2.05, 4.69) is 36.8 Å². The van der Waals surface area contributed by atoms with Gasteiger partial charge >= 0.3 is 0 Å². The molecule has 1 heterocycles. The number of carbonyl (C=O) groups is 1. The Labute approximate surface area is 128 Å². The first-order valence-electron chi connectivity index (χ1n) is 5.57. The lowest BCUT2D eigenvalue weighted by Gasteiger charge is -2.08. The zero-order valence-electron chi connectivity index (χ0n) is 10.2. The molecule has 1 aromatic heterocycles. The van der Waals surface area contributed by atoms with E-state index in [9.17, 15) is 4.79 Å². The number of Topliss-reactive ketones (excluding diaryl/α,β-unsaturated/α-hetero) is 1. The predicted octanol–water partition coefficient (Wildman–Crippen LogP) is 4.04. The average molecular weight is 385 g/mol. The van der Waals surface area contributed by atoms with Gasteiger partial charge in [0.25, 0.3) is 0 Å². The van der Waals surface area contributed by atoms with Crippen LogP contribution >= 0.6 is 31.9 Å². The molecule has 0 unspecified atom stereocenters. The van der Waals surface area contributed by atoms with Crippen LogP contribution in [0.3, 0.4) is 0 Å². The molecule has 0 saturated heterocycles. The minimum absolute atomic E-state index is 0.0381. The van der Waals surface area contributed by atoms with Crippen molar-refractivity contribution >= 4 is 37.6 Å². The Hall–Kier alpha value is -1.20. The van der Waals surface area contributed by atoms with Crippen LogP contribution in [0.15, 0.2) is 45.5 Å². The van der Waals surface area contributed by atoms with Gasteiger partial charge in [-0.2, -0.15) is 0 Å². The second-order valence-corrected chi connectivity index (χ2v) is 5.75. The Balaban J connectivity index is 2.23. The van der Waals surface area contributed by atoms with Gasteiger partial charge in [-0.25, -0.2) is 0 Å². The second kappa shape index (κ2) is 6.30. The van der Waals surface area contributed by atoms with Crippen molar-refractivity contribution in [3.8, 4) is 5.75 Å². The summed E-state index contributed by atoms with van der Waals surface area (Å²) in [6.07, 6.45) is 1.88. The van der Waals surface area contributed by atoms with Crippen LogP contribution in [0, 0.1) is 0 Å². The summed E-state index contributed by atoms with van der Waals surface area (Å²) in [7, 11) is 1.59. The van der Waals surface area contributed by atoms with Gasteiger partial charge in [-0.15, -0.1) is 0 Å². The molecule has 0 aliphatic carbocycles. The Morgan fingerprint density at radius 2 is 1.95 bits per heavy atom. The predicted molar refractivity (Wildman–Crippen MR) is 80.7 cm³/mol. The fourth-order valence-electron chi connectivity index (χ4n) is 1.69. The number of rotatable bonds is 4. The Bertz CT molecular complexity index is 597. The third kappa shape index (κ3) is 3.64. The summed E-state index contributed by atoms with van der Waals surface area (Å²) < 4.78 is 7.02. The van der Waals surface area contributed by atoms with Crippen molar-refractivity contribution in [3.05, 3.63) is 56.7 Å². The molecule has 0 amide bonds. The molecule has 2 rings (SSSR count). The molecule has 3 nitrogen and oxygen atoms in total. The highest BCUT2D eigenvalue weighted by Crippen LogP contribution is 2.24. The standard InChI is InChI=1S/C14H11Br2NO2/c1-19-14-5-3-10(15)6-9(14)7-13(18)12-4-2-11(16)8-17-12/h2-6,8H,7H2,1H3. The molecule has 0 atom stereocenters. The molecule has 0 aliphatic rings. The number of nitrogens with zero attached hydrogens (tertiary/aromatic N) is 1. The van der Waals surface area contributed by atoms with E-state index in [-0.39, 0.29) is 12.2 Å². The van der Waals surface area contributed by atoms with E-state index in [1.807, 2.05) is 18.2 Å². The van der Waals surface area contributed by atoms with Crippen LogP contribution in [0.2, 0.25) is 0 Å². The van der Waals surface area contributed by atoms with Gasteiger partial charge in [-0.05, 0) is 46.3 Å². The van der Waals surface area contributed by atoms with Crippen LogP contribution < -0.4 is 4.74 Å². The summed E-state index contributed by atoms with van der Waals surface area (Å²) in [5, 5.41) is 0. The van der Waals surface area contributed by atoms with E-state index < -0.39 is 0 Å². The maximum Gasteiger partial charge on any atom is 0.185 e. The molecule has 5 heteroatoms. The molecular formula is C14H11Br2NO2. The van der Waals surface area contributed by atoms with E-state index >= 15 is 0 Å². The highest BCUT2D eigenvalue weighted by atomic mass is 79.9. The third-order valence-electron chi connectivity index (χ3n) is 2.61. The maximum absolute atomic E-state index is 12.2. The highest BCUT2D eigenvalue weighted by Gasteiger charge is 2.12. The summed E-state index contributed by atoms with van der Waals surface area (Å²) in [6.45, 7) is 0. The van der Waals surface area contributed by atoms with Gasteiger partial charge in [0.2, 0.25) is 0 Å². The number of halogens is 2. The molecule has 0 aliphatic heterocycles. The summed E-state index contributed by atoms with van der Waals surface area (Å²) in [6, 6.07) is 9.11. The number of hydrogen-bond donors (Lipinski definition) is 0. The van der Waals surface area contributed by atoms with E-state index in [0.29, 0.717) is 11.4 Å². The third-order valence-corrected chi connectivity index (χ3v) is 3.57. The van der Waals surface area contributed by atoms with Crippen LogP contribution in [-0.4, -0.2) is 17.9 Å². The fourth-order valence-corrected chi connectivity index (χ4v) is 2.33. The van der Waals surface area contributed by atoms with E-state index in [1.165, 1.54) is 0 Å². The molecule has 2 aromatic rings. The van der Waals surface area contributed by atoms with Crippen molar-refractivity contribution in [2.75, 3.05) is 7.11 Å². The Kier molecular flexibility index (Phi) is 4.71. The number of methoxy groups -OCH3 is 1. The summed E-state index contributed by atoms with van der Waals surface area (Å²) in [5.41, 5.74) is 1.29. The number of benzene rings is 1. The van der Waals surface area contributed by atoms with Gasteiger partial charge in [0.1, 0.15) is 11.4 Å². The minimum atomic E-state index is -0.0381. The minimum Gasteiger partial charge on any atom is -0.496 e. The summed E-state index contributed by atoms with van der Waals surface area (Å²) in [4.78, 5) is 16.3. The van der Waals surface area contributed by atoms with Gasteiger partial charge in [-0.1, -0.05) is 15.9 Å². The van der Waals surface area contributed by atoms with E-state index in [1.54, 1.807) is 25.4 Å². The molecule has 0 bridgehead atoms. The number of carbonyl (C=O) groups excluding carboxylic acids is 1. The monoisotopic (exact) mass is 383 g/mol. The Morgan fingerprint density at radius 1 is 1.21 bits per heavy atom. The zero-order chi connectivity index (χ0) is 13.8. The van der Waals surface area contributed by atoms with E-state index in [4.69, 9.17) is 4.74 Å². The first-order valence-corrected chi connectivity index (χ1v) is 7.16. The summed E-state index contributed by atoms with van der Waals surface area (Å²) in [5.74, 6) is 0.664. The van der Waals surface area contributed by atoms with Crippen LogP contribution in [0.5, 0.6) is 5.75 Å². The first-order chi connectivity index (χ1) is 9.10. The van der Waals surface area contributed by atoms with Crippen molar-refractivity contribution in [1.82, 2.24) is 4.98 Å². The highest BCUT2D eigenvalue weighted by molar-refractivity contribution is 9.10. The van der Waals surface area contributed by atoms with Crippen molar-refractivity contribution in [2.24, 2.45) is 0 Å². The van der Waals surface area contributed by atoms with Crippen molar-refractivity contribution < 1.29 is 9.53 Å². The van der Waals surface area contributed by atoms with Gasteiger partial charge in [0.15, 0.2) is 5.78 Å².